The molecule has 1 fully saturated rings. The molecule has 4 nitrogen and oxygen atoms in total. The first kappa shape index (κ1) is 13.0. The molecule has 1 aliphatic carbocycles. The summed E-state index contributed by atoms with van der Waals surface area (Å²) in [5, 5.41) is 0. The summed E-state index contributed by atoms with van der Waals surface area (Å²) in [4.78, 5) is 16.8. The number of nitrogens with zero attached hydrogens (tertiary/aromatic N) is 1. The van der Waals surface area contributed by atoms with E-state index < -0.39 is 5.60 Å². The molecule has 0 unspecified atom stereocenters. The third kappa shape index (κ3) is 2.25. The molecule has 0 radical (unpaired) electrons. The summed E-state index contributed by atoms with van der Waals surface area (Å²) in [6, 6.07) is 3.52. The highest BCUT2D eigenvalue weighted by Gasteiger charge is 2.43. The molecule has 1 saturated carbocycles. The number of carbonyl (C=O) groups is 1. The lowest BCUT2D eigenvalue weighted by Gasteiger charge is -2.27. The maximum Gasteiger partial charge on any atom is 0.216 e. The van der Waals surface area contributed by atoms with Crippen LogP contribution in [0.3, 0.4) is 0 Å². The molecule has 1 aromatic heterocycles. The fourth-order valence-electron chi connectivity index (χ4n) is 2.60. The van der Waals surface area contributed by atoms with Gasteiger partial charge in [0.05, 0.1) is 7.11 Å². The maximum absolute atomic E-state index is 12.7. The second-order valence-corrected chi connectivity index (χ2v) is 4.52. The standard InChI is InChI=1S/C14H19NO3/c1-3-18-14(8-4-5-9-14)13(16)12-11(17-2)7-6-10-15-12/h6-7,10H,3-5,8-9H2,1-2H3. The highest BCUT2D eigenvalue weighted by atomic mass is 16.5. The molecule has 0 amide bonds. The molecule has 0 saturated heterocycles. The van der Waals surface area contributed by atoms with Gasteiger partial charge in [0.2, 0.25) is 5.78 Å². The van der Waals surface area contributed by atoms with Crippen LogP contribution in [-0.4, -0.2) is 30.1 Å². The predicted molar refractivity (Wildman–Crippen MR) is 67.9 cm³/mol. The van der Waals surface area contributed by atoms with Crippen LogP contribution in [0.2, 0.25) is 0 Å². The van der Waals surface area contributed by atoms with Crippen LogP contribution in [0.25, 0.3) is 0 Å². The molecule has 2 rings (SSSR count). The van der Waals surface area contributed by atoms with Crippen molar-refractivity contribution >= 4 is 5.78 Å². The Labute approximate surface area is 107 Å². The quantitative estimate of drug-likeness (QED) is 0.753. The summed E-state index contributed by atoms with van der Waals surface area (Å²) in [5.41, 5.74) is -0.300. The van der Waals surface area contributed by atoms with Gasteiger partial charge in [-0.25, -0.2) is 4.98 Å². The first-order valence-electron chi connectivity index (χ1n) is 6.41. The van der Waals surface area contributed by atoms with E-state index in [1.165, 1.54) is 0 Å². The molecule has 0 atom stereocenters. The molecular formula is C14H19NO3. The van der Waals surface area contributed by atoms with E-state index in [2.05, 4.69) is 4.98 Å². The van der Waals surface area contributed by atoms with Gasteiger partial charge in [-0.2, -0.15) is 0 Å². The lowest BCUT2D eigenvalue weighted by Crippen LogP contribution is -2.39. The Morgan fingerprint density at radius 3 is 2.78 bits per heavy atom. The van der Waals surface area contributed by atoms with Crippen molar-refractivity contribution in [2.45, 2.75) is 38.2 Å². The Morgan fingerprint density at radius 2 is 2.17 bits per heavy atom. The number of hydrogen-bond acceptors (Lipinski definition) is 4. The highest BCUT2D eigenvalue weighted by Crippen LogP contribution is 2.37. The summed E-state index contributed by atoms with van der Waals surface area (Å²) in [6.07, 6.45) is 5.23. The fourth-order valence-corrected chi connectivity index (χ4v) is 2.60. The van der Waals surface area contributed by atoms with Crippen molar-refractivity contribution in [3.8, 4) is 5.75 Å². The van der Waals surface area contributed by atoms with Gasteiger partial charge in [-0.1, -0.05) is 0 Å². The number of ether oxygens (including phenoxy) is 2. The molecule has 4 heteroatoms. The largest absolute Gasteiger partial charge is 0.494 e. The van der Waals surface area contributed by atoms with Crippen LogP contribution in [0, 0.1) is 0 Å². The van der Waals surface area contributed by atoms with Gasteiger partial charge in [-0.3, -0.25) is 4.79 Å². The average Bonchev–Trinajstić information content (AvgIpc) is 2.88. The third-order valence-corrected chi connectivity index (χ3v) is 3.45. The van der Waals surface area contributed by atoms with Gasteiger partial charge >= 0.3 is 0 Å². The summed E-state index contributed by atoms with van der Waals surface area (Å²) in [7, 11) is 1.55. The van der Waals surface area contributed by atoms with Crippen LogP contribution in [0.5, 0.6) is 5.75 Å². The van der Waals surface area contributed by atoms with E-state index >= 15 is 0 Å². The first-order chi connectivity index (χ1) is 8.73. The molecule has 1 heterocycles. The van der Waals surface area contributed by atoms with E-state index in [-0.39, 0.29) is 5.78 Å². The number of ketones is 1. The molecular weight excluding hydrogens is 230 g/mol. The van der Waals surface area contributed by atoms with E-state index in [9.17, 15) is 4.79 Å². The molecule has 0 N–H and O–H groups in total. The normalized spacial score (nSPS) is 17.7. The van der Waals surface area contributed by atoms with Gasteiger partial charge in [-0.15, -0.1) is 0 Å². The highest BCUT2D eigenvalue weighted by molar-refractivity contribution is 6.03. The Balaban J connectivity index is 2.33. The number of hydrogen-bond donors (Lipinski definition) is 0. The van der Waals surface area contributed by atoms with Gasteiger partial charge in [-0.05, 0) is 44.7 Å². The van der Waals surface area contributed by atoms with Crippen molar-refractivity contribution in [1.29, 1.82) is 0 Å². The van der Waals surface area contributed by atoms with Gasteiger partial charge in [0.25, 0.3) is 0 Å². The molecule has 0 bridgehead atoms. The number of aromatic nitrogens is 1. The van der Waals surface area contributed by atoms with Crippen LogP contribution in [0.15, 0.2) is 18.3 Å². The second-order valence-electron chi connectivity index (χ2n) is 4.52. The van der Waals surface area contributed by atoms with Gasteiger partial charge in [0, 0.05) is 12.8 Å². The average molecular weight is 249 g/mol. The van der Waals surface area contributed by atoms with Crippen molar-refractivity contribution in [2.75, 3.05) is 13.7 Å². The third-order valence-electron chi connectivity index (χ3n) is 3.45. The molecule has 1 aromatic rings. The SMILES string of the molecule is CCOC1(C(=O)c2ncccc2OC)CCCC1. The number of rotatable bonds is 5. The van der Waals surface area contributed by atoms with E-state index in [0.29, 0.717) is 18.1 Å². The number of methoxy groups -OCH3 is 1. The Bertz CT molecular complexity index is 425. The molecule has 0 aliphatic heterocycles. The van der Waals surface area contributed by atoms with Crippen LogP contribution >= 0.6 is 0 Å². The van der Waals surface area contributed by atoms with Crippen LogP contribution in [-0.2, 0) is 4.74 Å². The predicted octanol–water partition coefficient (Wildman–Crippen LogP) is 2.62. The Hall–Kier alpha value is -1.42. The monoisotopic (exact) mass is 249 g/mol. The summed E-state index contributed by atoms with van der Waals surface area (Å²) < 4.78 is 11.0. The minimum atomic E-state index is -0.684. The zero-order valence-corrected chi connectivity index (χ0v) is 10.9. The minimum absolute atomic E-state index is 0.0423. The lowest BCUT2D eigenvalue weighted by molar-refractivity contribution is -0.0169. The smallest absolute Gasteiger partial charge is 0.216 e. The molecule has 0 aromatic carbocycles. The molecule has 1 aliphatic rings. The van der Waals surface area contributed by atoms with Crippen molar-refractivity contribution in [1.82, 2.24) is 4.98 Å². The minimum Gasteiger partial charge on any atom is -0.494 e. The molecule has 98 valence electrons. The fraction of sp³-hybridized carbons (Fsp3) is 0.571. The van der Waals surface area contributed by atoms with E-state index in [1.807, 2.05) is 6.92 Å². The number of carbonyl (C=O) groups excluding carboxylic acids is 1. The zero-order chi connectivity index (χ0) is 13.0. The summed E-state index contributed by atoms with van der Waals surface area (Å²) in [6.45, 7) is 2.46. The molecule has 0 spiro atoms. The summed E-state index contributed by atoms with van der Waals surface area (Å²) >= 11 is 0. The van der Waals surface area contributed by atoms with E-state index in [1.54, 1.807) is 25.4 Å². The van der Waals surface area contributed by atoms with Crippen LogP contribution < -0.4 is 4.74 Å². The van der Waals surface area contributed by atoms with Crippen LogP contribution in [0.4, 0.5) is 0 Å². The van der Waals surface area contributed by atoms with E-state index in [4.69, 9.17) is 9.47 Å². The second kappa shape index (κ2) is 5.48. The number of pyridine rings is 1. The maximum atomic E-state index is 12.7. The Kier molecular flexibility index (Phi) is 3.97. The van der Waals surface area contributed by atoms with Gasteiger partial charge in [0.15, 0.2) is 5.69 Å². The van der Waals surface area contributed by atoms with Crippen molar-refractivity contribution in [2.24, 2.45) is 0 Å². The van der Waals surface area contributed by atoms with Crippen molar-refractivity contribution in [3.05, 3.63) is 24.0 Å². The summed E-state index contributed by atoms with van der Waals surface area (Å²) in [5.74, 6) is 0.479. The van der Waals surface area contributed by atoms with E-state index in [0.717, 1.165) is 25.7 Å². The zero-order valence-electron chi connectivity index (χ0n) is 10.9. The Morgan fingerprint density at radius 1 is 1.44 bits per heavy atom. The van der Waals surface area contributed by atoms with Crippen LogP contribution in [0.1, 0.15) is 43.1 Å². The first-order valence-corrected chi connectivity index (χ1v) is 6.41. The van der Waals surface area contributed by atoms with Crippen molar-refractivity contribution < 1.29 is 14.3 Å². The molecule has 18 heavy (non-hydrogen) atoms. The van der Waals surface area contributed by atoms with Gasteiger partial charge < -0.3 is 9.47 Å². The van der Waals surface area contributed by atoms with Gasteiger partial charge in [0.1, 0.15) is 11.4 Å². The lowest BCUT2D eigenvalue weighted by atomic mass is 9.93. The van der Waals surface area contributed by atoms with Crippen molar-refractivity contribution in [3.63, 3.8) is 0 Å². The number of Topliss-reactive ketones (excluding diaryl/α,β-unsaturated/α-hetero) is 1. The topological polar surface area (TPSA) is 48.4 Å².